The molecular formula is C17H19FN4O2. The standard InChI is InChI=1S/C17H19FN4O2/c18-12-5-1-2-6-13(12)22-10-11(9-14(22)23)15-20-16(21-24-15)17(19)7-3-4-8-17/h1-2,5-6,11H,3-4,7-10,19H2. The smallest absolute Gasteiger partial charge is 0.232 e. The molecule has 7 heteroatoms. The summed E-state index contributed by atoms with van der Waals surface area (Å²) in [4.78, 5) is 18.2. The molecule has 1 amide bonds. The van der Waals surface area contributed by atoms with Crippen molar-refractivity contribution in [1.82, 2.24) is 10.1 Å². The third-order valence-corrected chi connectivity index (χ3v) is 5.00. The van der Waals surface area contributed by atoms with Crippen LogP contribution < -0.4 is 10.6 Å². The number of rotatable bonds is 3. The number of amides is 1. The van der Waals surface area contributed by atoms with Gasteiger partial charge in [0.1, 0.15) is 5.82 Å². The lowest BCUT2D eigenvalue weighted by Crippen LogP contribution is -2.34. The van der Waals surface area contributed by atoms with Crippen LogP contribution in [0.5, 0.6) is 0 Å². The van der Waals surface area contributed by atoms with Gasteiger partial charge in [-0.3, -0.25) is 4.79 Å². The summed E-state index contributed by atoms with van der Waals surface area (Å²) in [5.41, 5.74) is 6.12. The number of carbonyl (C=O) groups is 1. The fraction of sp³-hybridized carbons (Fsp3) is 0.471. The number of hydrogen-bond acceptors (Lipinski definition) is 5. The zero-order valence-electron chi connectivity index (χ0n) is 13.2. The summed E-state index contributed by atoms with van der Waals surface area (Å²) in [5, 5.41) is 4.04. The summed E-state index contributed by atoms with van der Waals surface area (Å²) >= 11 is 0. The number of aromatic nitrogens is 2. The zero-order chi connectivity index (χ0) is 16.7. The molecule has 0 bridgehead atoms. The van der Waals surface area contributed by atoms with Crippen LogP contribution in [0.4, 0.5) is 10.1 Å². The fourth-order valence-corrected chi connectivity index (χ4v) is 3.61. The Labute approximate surface area is 138 Å². The number of nitrogens with two attached hydrogens (primary N) is 1. The average Bonchev–Trinajstić information content (AvgIpc) is 3.28. The minimum atomic E-state index is -0.518. The third kappa shape index (κ3) is 2.49. The first-order valence-electron chi connectivity index (χ1n) is 8.25. The summed E-state index contributed by atoms with van der Waals surface area (Å²) < 4.78 is 19.3. The summed E-state index contributed by atoms with van der Waals surface area (Å²) in [6, 6.07) is 6.26. The number of para-hydroxylation sites is 1. The molecule has 1 aromatic heterocycles. The first-order chi connectivity index (χ1) is 11.6. The van der Waals surface area contributed by atoms with E-state index in [1.165, 1.54) is 11.0 Å². The Morgan fingerprint density at radius 2 is 2.04 bits per heavy atom. The average molecular weight is 330 g/mol. The molecule has 0 radical (unpaired) electrons. The molecule has 6 nitrogen and oxygen atoms in total. The third-order valence-electron chi connectivity index (χ3n) is 5.00. The van der Waals surface area contributed by atoms with E-state index in [1.807, 2.05) is 0 Å². The van der Waals surface area contributed by atoms with Crippen molar-refractivity contribution in [2.75, 3.05) is 11.4 Å². The topological polar surface area (TPSA) is 85.2 Å². The van der Waals surface area contributed by atoms with Crippen molar-refractivity contribution < 1.29 is 13.7 Å². The van der Waals surface area contributed by atoms with Crippen LogP contribution in [0.3, 0.4) is 0 Å². The monoisotopic (exact) mass is 330 g/mol. The first kappa shape index (κ1) is 15.3. The predicted molar refractivity (Wildman–Crippen MR) is 84.7 cm³/mol. The molecule has 2 aromatic rings. The Balaban J connectivity index is 1.55. The molecule has 1 aliphatic heterocycles. The van der Waals surface area contributed by atoms with Gasteiger partial charge in [-0.2, -0.15) is 4.98 Å². The molecule has 1 saturated heterocycles. The van der Waals surface area contributed by atoms with E-state index >= 15 is 0 Å². The first-order valence-corrected chi connectivity index (χ1v) is 8.25. The van der Waals surface area contributed by atoms with Gasteiger partial charge in [0.05, 0.1) is 17.1 Å². The van der Waals surface area contributed by atoms with Gasteiger partial charge in [0.2, 0.25) is 11.8 Å². The van der Waals surface area contributed by atoms with Gasteiger partial charge in [0, 0.05) is 13.0 Å². The quantitative estimate of drug-likeness (QED) is 0.934. The highest BCUT2D eigenvalue weighted by Crippen LogP contribution is 2.37. The molecule has 1 atom stereocenters. The van der Waals surface area contributed by atoms with Crippen molar-refractivity contribution in [3.05, 3.63) is 41.8 Å². The van der Waals surface area contributed by atoms with Crippen LogP contribution in [-0.4, -0.2) is 22.6 Å². The van der Waals surface area contributed by atoms with Gasteiger partial charge < -0.3 is 15.2 Å². The van der Waals surface area contributed by atoms with Gasteiger partial charge >= 0.3 is 0 Å². The Hall–Kier alpha value is -2.28. The van der Waals surface area contributed by atoms with Crippen LogP contribution in [-0.2, 0) is 10.3 Å². The summed E-state index contributed by atoms with van der Waals surface area (Å²) in [6.07, 6.45) is 4.04. The van der Waals surface area contributed by atoms with Crippen molar-refractivity contribution >= 4 is 11.6 Å². The molecule has 0 spiro atoms. The van der Waals surface area contributed by atoms with Crippen molar-refractivity contribution in [3.8, 4) is 0 Å². The maximum absolute atomic E-state index is 13.9. The predicted octanol–water partition coefficient (Wildman–Crippen LogP) is 2.46. The lowest BCUT2D eigenvalue weighted by atomic mass is 9.98. The maximum Gasteiger partial charge on any atom is 0.232 e. The van der Waals surface area contributed by atoms with E-state index in [-0.39, 0.29) is 23.9 Å². The van der Waals surface area contributed by atoms with Crippen molar-refractivity contribution in [3.63, 3.8) is 0 Å². The van der Waals surface area contributed by atoms with Crippen LogP contribution in [0.2, 0.25) is 0 Å². The maximum atomic E-state index is 13.9. The second-order valence-electron chi connectivity index (χ2n) is 6.68. The van der Waals surface area contributed by atoms with E-state index in [0.29, 0.717) is 18.3 Å². The van der Waals surface area contributed by atoms with Gasteiger partial charge in [-0.1, -0.05) is 30.1 Å². The van der Waals surface area contributed by atoms with E-state index in [4.69, 9.17) is 10.3 Å². The number of nitrogens with zero attached hydrogens (tertiary/aromatic N) is 3. The van der Waals surface area contributed by atoms with Gasteiger partial charge in [-0.15, -0.1) is 0 Å². The fourth-order valence-electron chi connectivity index (χ4n) is 3.61. The molecule has 24 heavy (non-hydrogen) atoms. The molecule has 2 heterocycles. The number of benzene rings is 1. The summed E-state index contributed by atoms with van der Waals surface area (Å²) in [6.45, 7) is 0.332. The Kier molecular flexibility index (Phi) is 3.60. The van der Waals surface area contributed by atoms with E-state index in [0.717, 1.165) is 25.7 Å². The van der Waals surface area contributed by atoms with E-state index in [2.05, 4.69) is 10.1 Å². The molecule has 1 aliphatic carbocycles. The normalized spacial score (nSPS) is 23.2. The number of hydrogen-bond donors (Lipinski definition) is 1. The number of anilines is 1. The lowest BCUT2D eigenvalue weighted by Gasteiger charge is -2.18. The molecule has 126 valence electrons. The zero-order valence-corrected chi connectivity index (χ0v) is 13.2. The Bertz CT molecular complexity index is 769. The number of halogens is 1. The molecule has 2 aliphatic rings. The van der Waals surface area contributed by atoms with Crippen LogP contribution in [0.15, 0.2) is 28.8 Å². The highest BCUT2D eigenvalue weighted by Gasteiger charge is 2.39. The van der Waals surface area contributed by atoms with Crippen LogP contribution in [0.25, 0.3) is 0 Å². The van der Waals surface area contributed by atoms with Gasteiger partial charge in [-0.25, -0.2) is 4.39 Å². The van der Waals surface area contributed by atoms with Crippen LogP contribution in [0, 0.1) is 5.82 Å². The Morgan fingerprint density at radius 3 is 2.79 bits per heavy atom. The van der Waals surface area contributed by atoms with Crippen molar-refractivity contribution in [1.29, 1.82) is 0 Å². The molecular weight excluding hydrogens is 311 g/mol. The van der Waals surface area contributed by atoms with Crippen LogP contribution in [0.1, 0.15) is 49.7 Å². The lowest BCUT2D eigenvalue weighted by molar-refractivity contribution is -0.117. The largest absolute Gasteiger partial charge is 0.339 e. The minimum absolute atomic E-state index is 0.145. The van der Waals surface area contributed by atoms with Gasteiger partial charge in [0.15, 0.2) is 5.82 Å². The second kappa shape index (κ2) is 5.66. The molecule has 1 saturated carbocycles. The second-order valence-corrected chi connectivity index (χ2v) is 6.68. The van der Waals surface area contributed by atoms with E-state index in [1.54, 1.807) is 18.2 Å². The SMILES string of the molecule is NC1(c2noc(C3CC(=O)N(c4ccccc4F)C3)n2)CCCC1. The Morgan fingerprint density at radius 1 is 1.29 bits per heavy atom. The highest BCUT2D eigenvalue weighted by atomic mass is 19.1. The molecule has 2 fully saturated rings. The summed E-state index contributed by atoms with van der Waals surface area (Å²) in [7, 11) is 0. The van der Waals surface area contributed by atoms with E-state index in [9.17, 15) is 9.18 Å². The van der Waals surface area contributed by atoms with Crippen molar-refractivity contribution in [2.45, 2.75) is 43.6 Å². The van der Waals surface area contributed by atoms with Crippen LogP contribution >= 0.6 is 0 Å². The summed E-state index contributed by atoms with van der Waals surface area (Å²) in [5.74, 6) is 0.141. The van der Waals surface area contributed by atoms with E-state index < -0.39 is 11.4 Å². The molecule has 1 unspecified atom stereocenters. The minimum Gasteiger partial charge on any atom is -0.339 e. The molecule has 1 aromatic carbocycles. The van der Waals surface area contributed by atoms with Crippen molar-refractivity contribution in [2.24, 2.45) is 5.73 Å². The van der Waals surface area contributed by atoms with Gasteiger partial charge in [0.25, 0.3) is 0 Å². The molecule has 4 rings (SSSR count). The number of carbonyl (C=O) groups excluding carboxylic acids is 1. The van der Waals surface area contributed by atoms with Gasteiger partial charge in [-0.05, 0) is 25.0 Å². The highest BCUT2D eigenvalue weighted by molar-refractivity contribution is 5.96. The molecule has 2 N–H and O–H groups in total.